The van der Waals surface area contributed by atoms with Gasteiger partial charge in [-0.15, -0.1) is 0 Å². The van der Waals surface area contributed by atoms with Crippen LogP contribution in [0.3, 0.4) is 0 Å². The average Bonchev–Trinajstić information content (AvgIpc) is 2.98. The van der Waals surface area contributed by atoms with Gasteiger partial charge in [-0.3, -0.25) is 9.59 Å². The van der Waals surface area contributed by atoms with E-state index in [4.69, 9.17) is 5.11 Å². The van der Waals surface area contributed by atoms with Crippen molar-refractivity contribution in [3.63, 3.8) is 0 Å². The maximum absolute atomic E-state index is 12.7. The van der Waals surface area contributed by atoms with Crippen LogP contribution in [-0.4, -0.2) is 31.7 Å². The van der Waals surface area contributed by atoms with E-state index in [1.54, 1.807) is 43.5 Å². The molecule has 0 aliphatic carbocycles. The predicted molar refractivity (Wildman–Crippen MR) is 98.4 cm³/mol. The molecule has 0 aliphatic heterocycles. The van der Waals surface area contributed by atoms with Gasteiger partial charge in [0.2, 0.25) is 0 Å². The molecule has 2 aromatic heterocycles. The minimum atomic E-state index is -0.952. The summed E-state index contributed by atoms with van der Waals surface area (Å²) in [5.41, 5.74) is 2.80. The summed E-state index contributed by atoms with van der Waals surface area (Å²) in [6.07, 6.45) is 1.53. The number of para-hydroxylation sites is 1. The number of aromatic nitrogens is 3. The Hall–Kier alpha value is -3.22. The van der Waals surface area contributed by atoms with Crippen molar-refractivity contribution in [3.05, 3.63) is 53.3 Å². The molecule has 134 valence electrons. The molecular weight excluding hydrogens is 332 g/mol. The number of rotatable bonds is 5. The minimum Gasteiger partial charge on any atom is -0.481 e. The fourth-order valence-corrected chi connectivity index (χ4v) is 2.82. The van der Waals surface area contributed by atoms with Gasteiger partial charge in [-0.2, -0.15) is 5.10 Å². The molecule has 0 atom stereocenters. The summed E-state index contributed by atoms with van der Waals surface area (Å²) in [7, 11) is 0. The number of fused-ring (bicyclic) bond motifs is 1. The Balaban J connectivity index is 1.94. The van der Waals surface area contributed by atoms with Crippen LogP contribution in [0.1, 0.15) is 41.5 Å². The number of amides is 1. The number of carboxylic acids is 1. The summed E-state index contributed by atoms with van der Waals surface area (Å²) in [6, 6.07) is 8.80. The molecule has 2 N–H and O–H groups in total. The monoisotopic (exact) mass is 352 g/mol. The molecule has 1 amide bonds. The molecule has 0 saturated carbocycles. The van der Waals surface area contributed by atoms with Crippen molar-refractivity contribution in [1.29, 1.82) is 0 Å². The number of carbonyl (C=O) groups excluding carboxylic acids is 1. The van der Waals surface area contributed by atoms with Crippen molar-refractivity contribution >= 4 is 28.6 Å². The van der Waals surface area contributed by atoms with E-state index in [-0.39, 0.29) is 18.4 Å². The number of nitrogens with zero attached hydrogens (tertiary/aromatic N) is 3. The van der Waals surface area contributed by atoms with Crippen molar-refractivity contribution < 1.29 is 14.7 Å². The highest BCUT2D eigenvalue weighted by Crippen LogP contribution is 2.21. The molecule has 1 aromatic carbocycles. The molecule has 2 heterocycles. The predicted octanol–water partition coefficient (Wildman–Crippen LogP) is 3.20. The summed E-state index contributed by atoms with van der Waals surface area (Å²) in [5.74, 6) is -1.28. The molecule has 0 bridgehead atoms. The first-order chi connectivity index (χ1) is 12.4. The SMILES string of the molecule is Cc1nc2c(cnn2C(C)C)cc1C(=O)Nc1ccccc1CC(=O)O. The van der Waals surface area contributed by atoms with E-state index in [2.05, 4.69) is 15.4 Å². The van der Waals surface area contributed by atoms with Gasteiger partial charge >= 0.3 is 5.97 Å². The van der Waals surface area contributed by atoms with E-state index in [0.717, 1.165) is 11.0 Å². The topological polar surface area (TPSA) is 97.1 Å². The van der Waals surface area contributed by atoms with Crippen LogP contribution in [0.25, 0.3) is 11.0 Å². The molecule has 0 fully saturated rings. The fourth-order valence-electron chi connectivity index (χ4n) is 2.82. The Morgan fingerprint density at radius 3 is 2.69 bits per heavy atom. The number of hydrogen-bond donors (Lipinski definition) is 2. The maximum atomic E-state index is 12.7. The zero-order chi connectivity index (χ0) is 18.8. The van der Waals surface area contributed by atoms with E-state index >= 15 is 0 Å². The number of benzene rings is 1. The van der Waals surface area contributed by atoms with Gasteiger partial charge in [0, 0.05) is 17.1 Å². The van der Waals surface area contributed by atoms with Gasteiger partial charge in [0.15, 0.2) is 5.65 Å². The van der Waals surface area contributed by atoms with Crippen LogP contribution >= 0.6 is 0 Å². The van der Waals surface area contributed by atoms with Crippen LogP contribution in [0, 0.1) is 6.92 Å². The third kappa shape index (κ3) is 3.42. The second-order valence-electron chi connectivity index (χ2n) is 6.40. The van der Waals surface area contributed by atoms with Crippen molar-refractivity contribution in [3.8, 4) is 0 Å². The van der Waals surface area contributed by atoms with Crippen LogP contribution < -0.4 is 5.32 Å². The minimum absolute atomic E-state index is 0.159. The van der Waals surface area contributed by atoms with Gasteiger partial charge in [0.25, 0.3) is 5.91 Å². The van der Waals surface area contributed by atoms with E-state index < -0.39 is 5.97 Å². The number of aliphatic carboxylic acids is 1. The highest BCUT2D eigenvalue weighted by Gasteiger charge is 2.17. The molecule has 26 heavy (non-hydrogen) atoms. The zero-order valence-electron chi connectivity index (χ0n) is 14.9. The molecule has 0 aliphatic rings. The van der Waals surface area contributed by atoms with Gasteiger partial charge in [0.05, 0.1) is 23.9 Å². The molecule has 7 heteroatoms. The normalized spacial score (nSPS) is 11.1. The molecule has 7 nitrogen and oxygen atoms in total. The van der Waals surface area contributed by atoms with Crippen LogP contribution in [0.4, 0.5) is 5.69 Å². The van der Waals surface area contributed by atoms with Crippen molar-refractivity contribution in [2.24, 2.45) is 0 Å². The Labute approximate surface area is 150 Å². The first-order valence-electron chi connectivity index (χ1n) is 8.32. The lowest BCUT2D eigenvalue weighted by molar-refractivity contribution is -0.136. The average molecular weight is 352 g/mol. The second-order valence-corrected chi connectivity index (χ2v) is 6.40. The molecule has 0 saturated heterocycles. The zero-order valence-corrected chi connectivity index (χ0v) is 14.9. The van der Waals surface area contributed by atoms with Gasteiger partial charge in [-0.25, -0.2) is 9.67 Å². The third-order valence-electron chi connectivity index (χ3n) is 4.10. The summed E-state index contributed by atoms with van der Waals surface area (Å²) in [4.78, 5) is 28.3. The first kappa shape index (κ1) is 17.6. The largest absolute Gasteiger partial charge is 0.481 e. The van der Waals surface area contributed by atoms with E-state index in [1.807, 2.05) is 18.5 Å². The van der Waals surface area contributed by atoms with Crippen molar-refractivity contribution in [1.82, 2.24) is 14.8 Å². The summed E-state index contributed by atoms with van der Waals surface area (Å²) < 4.78 is 1.81. The highest BCUT2D eigenvalue weighted by molar-refractivity contribution is 6.07. The quantitative estimate of drug-likeness (QED) is 0.735. The van der Waals surface area contributed by atoms with Crippen molar-refractivity contribution in [2.75, 3.05) is 5.32 Å². The lowest BCUT2D eigenvalue weighted by Gasteiger charge is -2.12. The van der Waals surface area contributed by atoms with Crippen molar-refractivity contribution in [2.45, 2.75) is 33.2 Å². The van der Waals surface area contributed by atoms with Crippen LogP contribution in [0.2, 0.25) is 0 Å². The van der Waals surface area contributed by atoms with Crippen LogP contribution in [-0.2, 0) is 11.2 Å². The lowest BCUT2D eigenvalue weighted by atomic mass is 10.1. The van der Waals surface area contributed by atoms with E-state index in [0.29, 0.717) is 22.5 Å². The Morgan fingerprint density at radius 2 is 2.00 bits per heavy atom. The van der Waals surface area contributed by atoms with Gasteiger partial charge in [-0.1, -0.05) is 18.2 Å². The standard InChI is InChI=1S/C19H20N4O3/c1-11(2)23-18-14(10-20-23)8-15(12(3)21-18)19(26)22-16-7-5-4-6-13(16)9-17(24)25/h4-8,10-11H,9H2,1-3H3,(H,22,26)(H,24,25). The number of carboxylic acid groups (broad SMARTS) is 1. The molecule has 3 aromatic rings. The van der Waals surface area contributed by atoms with Gasteiger partial charge < -0.3 is 10.4 Å². The molecule has 0 radical (unpaired) electrons. The number of hydrogen-bond acceptors (Lipinski definition) is 4. The van der Waals surface area contributed by atoms with Gasteiger partial charge in [0.1, 0.15) is 0 Å². The number of pyridine rings is 1. The van der Waals surface area contributed by atoms with Crippen LogP contribution in [0.5, 0.6) is 0 Å². The first-order valence-corrected chi connectivity index (χ1v) is 8.32. The molecule has 0 unspecified atom stereocenters. The number of anilines is 1. The fraction of sp³-hybridized carbons (Fsp3) is 0.263. The van der Waals surface area contributed by atoms with E-state index in [1.165, 1.54) is 0 Å². The lowest BCUT2D eigenvalue weighted by Crippen LogP contribution is -2.16. The Kier molecular flexibility index (Phi) is 4.71. The highest BCUT2D eigenvalue weighted by atomic mass is 16.4. The summed E-state index contributed by atoms with van der Waals surface area (Å²) >= 11 is 0. The molecular formula is C19H20N4O3. The molecule has 3 rings (SSSR count). The Morgan fingerprint density at radius 1 is 1.27 bits per heavy atom. The summed E-state index contributed by atoms with van der Waals surface area (Å²) in [5, 5.41) is 16.9. The van der Waals surface area contributed by atoms with Gasteiger partial charge in [-0.05, 0) is 38.5 Å². The Bertz CT molecular complexity index is 992. The number of aryl methyl sites for hydroxylation is 1. The number of nitrogens with one attached hydrogen (secondary N) is 1. The third-order valence-corrected chi connectivity index (χ3v) is 4.10. The maximum Gasteiger partial charge on any atom is 0.307 e. The van der Waals surface area contributed by atoms with Crippen LogP contribution in [0.15, 0.2) is 36.5 Å². The smallest absolute Gasteiger partial charge is 0.307 e. The second kappa shape index (κ2) is 6.95. The van der Waals surface area contributed by atoms with E-state index in [9.17, 15) is 9.59 Å². The molecule has 0 spiro atoms. The summed E-state index contributed by atoms with van der Waals surface area (Å²) in [6.45, 7) is 5.81. The number of carbonyl (C=O) groups is 2.